The van der Waals surface area contributed by atoms with Crippen LogP contribution in [0.5, 0.6) is 5.75 Å². The van der Waals surface area contributed by atoms with Crippen LogP contribution in [0.1, 0.15) is 146 Å². The third-order valence-corrected chi connectivity index (χ3v) is 13.6. The highest BCUT2D eigenvalue weighted by atomic mass is 19.4. The molecule has 51 heavy (non-hydrogen) atoms. The predicted octanol–water partition coefficient (Wildman–Crippen LogP) is 11.6. The maximum Gasteiger partial charge on any atom is 0.460 e. The van der Waals surface area contributed by atoms with E-state index >= 15 is 0 Å². The molecule has 0 amide bonds. The zero-order chi connectivity index (χ0) is 37.6. The molecule has 0 aliphatic heterocycles. The molecule has 290 valence electrons. The van der Waals surface area contributed by atoms with E-state index in [1.54, 1.807) is 12.1 Å². The van der Waals surface area contributed by atoms with Gasteiger partial charge in [0, 0.05) is 6.42 Å². The van der Waals surface area contributed by atoms with E-state index in [4.69, 9.17) is 0 Å². The second-order valence-corrected chi connectivity index (χ2v) is 16.3. The highest BCUT2D eigenvalue weighted by Gasteiger charge is 2.81. The molecule has 5 rings (SSSR count). The molecule has 7 atom stereocenters. The number of hydrogen-bond acceptors (Lipinski definition) is 3. The SMILES string of the molecule is C[C@]12CCC3c4ccc(O)cc4[C@@H](O)[C@@H](CCCCCCCCCC(CCCC(F)(F)C(F)(F)C(F)(F)C(F)(F)F)C(=O)O)C3C1CCC21CC1. The first-order valence-corrected chi connectivity index (χ1v) is 18.6. The van der Waals surface area contributed by atoms with E-state index < -0.39 is 61.2 Å². The first-order valence-electron chi connectivity index (χ1n) is 18.6. The van der Waals surface area contributed by atoms with E-state index in [1.165, 1.54) is 37.7 Å². The fourth-order valence-corrected chi connectivity index (χ4v) is 10.5. The van der Waals surface area contributed by atoms with Crippen LogP contribution >= 0.6 is 0 Å². The van der Waals surface area contributed by atoms with Crippen LogP contribution in [-0.4, -0.2) is 45.2 Å². The van der Waals surface area contributed by atoms with E-state index in [-0.39, 0.29) is 18.1 Å². The van der Waals surface area contributed by atoms with Gasteiger partial charge in [0.1, 0.15) is 5.75 Å². The smallest absolute Gasteiger partial charge is 0.460 e. The molecule has 0 radical (unpaired) electrons. The number of halogens is 9. The molecule has 1 spiro atoms. The van der Waals surface area contributed by atoms with Gasteiger partial charge in [-0.1, -0.05) is 57.9 Å². The molecule has 4 nitrogen and oxygen atoms in total. The van der Waals surface area contributed by atoms with Crippen LogP contribution in [0.25, 0.3) is 0 Å². The van der Waals surface area contributed by atoms with Gasteiger partial charge in [-0.3, -0.25) is 4.79 Å². The number of carbonyl (C=O) groups is 1. The number of phenolic OH excluding ortho intramolecular Hbond substituents is 1. The number of benzene rings is 1. The number of unbranched alkanes of at least 4 members (excludes halogenated alkanes) is 6. The Balaban J connectivity index is 1.04. The van der Waals surface area contributed by atoms with Gasteiger partial charge in [-0.25, -0.2) is 0 Å². The lowest BCUT2D eigenvalue weighted by Gasteiger charge is -2.55. The Morgan fingerprint density at radius 1 is 0.804 bits per heavy atom. The van der Waals surface area contributed by atoms with Crippen molar-refractivity contribution in [3.63, 3.8) is 0 Å². The summed E-state index contributed by atoms with van der Waals surface area (Å²) in [4.78, 5) is 11.6. The van der Waals surface area contributed by atoms with Crippen molar-refractivity contribution < 1.29 is 59.6 Å². The second kappa shape index (κ2) is 14.6. The third kappa shape index (κ3) is 7.36. The van der Waals surface area contributed by atoms with Crippen LogP contribution in [-0.2, 0) is 4.79 Å². The van der Waals surface area contributed by atoms with Gasteiger partial charge in [-0.05, 0) is 122 Å². The Morgan fingerprint density at radius 3 is 2.02 bits per heavy atom. The Morgan fingerprint density at radius 2 is 1.41 bits per heavy atom. The Kier molecular flexibility index (Phi) is 11.4. The van der Waals surface area contributed by atoms with E-state index in [9.17, 15) is 59.6 Å². The number of phenols is 1. The number of aliphatic hydroxyl groups excluding tert-OH is 1. The Hall–Kier alpha value is -2.18. The summed E-state index contributed by atoms with van der Waals surface area (Å²) in [6.45, 7) is 2.49. The summed E-state index contributed by atoms with van der Waals surface area (Å²) in [5.74, 6) is -20.3. The lowest BCUT2D eigenvalue weighted by molar-refractivity contribution is -0.396. The van der Waals surface area contributed by atoms with Gasteiger partial charge in [-0.2, -0.15) is 39.5 Å². The number of aromatic hydroxyl groups is 1. The molecule has 3 fully saturated rings. The van der Waals surface area contributed by atoms with Crippen molar-refractivity contribution in [3.05, 3.63) is 29.3 Å². The molecule has 3 saturated carbocycles. The van der Waals surface area contributed by atoms with Gasteiger partial charge in [0.2, 0.25) is 0 Å². The first kappa shape index (κ1) is 40.0. The number of carboxylic acids is 1. The van der Waals surface area contributed by atoms with Gasteiger partial charge < -0.3 is 15.3 Å². The summed E-state index contributed by atoms with van der Waals surface area (Å²) in [6.07, 6.45) is 2.78. The monoisotopic (exact) mass is 742 g/mol. The van der Waals surface area contributed by atoms with Crippen molar-refractivity contribution in [2.75, 3.05) is 0 Å². The summed E-state index contributed by atoms with van der Waals surface area (Å²) >= 11 is 0. The average Bonchev–Trinajstić information content (AvgIpc) is 3.78. The molecule has 0 heterocycles. The van der Waals surface area contributed by atoms with Gasteiger partial charge in [-0.15, -0.1) is 0 Å². The number of alkyl halides is 9. The molecule has 1 aromatic carbocycles. The van der Waals surface area contributed by atoms with Crippen LogP contribution in [0.3, 0.4) is 0 Å². The molecule has 4 unspecified atom stereocenters. The molecule has 0 saturated heterocycles. The highest BCUT2D eigenvalue weighted by molar-refractivity contribution is 5.69. The molecule has 0 bridgehead atoms. The predicted molar refractivity (Wildman–Crippen MR) is 172 cm³/mol. The average molecular weight is 743 g/mol. The number of aliphatic hydroxyl groups is 1. The quantitative estimate of drug-likeness (QED) is 0.110. The summed E-state index contributed by atoms with van der Waals surface area (Å²) in [6, 6.07) is 5.48. The van der Waals surface area contributed by atoms with E-state index in [0.29, 0.717) is 41.4 Å². The molecular formula is C38H51F9O4. The maximum atomic E-state index is 13.8. The van der Waals surface area contributed by atoms with Gasteiger partial charge in [0.25, 0.3) is 0 Å². The summed E-state index contributed by atoms with van der Waals surface area (Å²) < 4.78 is 118. The molecule has 1 aromatic rings. The van der Waals surface area contributed by atoms with Crippen LogP contribution in [0.15, 0.2) is 18.2 Å². The Bertz CT molecular complexity index is 1380. The molecule has 3 N–H and O–H groups in total. The maximum absolute atomic E-state index is 13.8. The van der Waals surface area contributed by atoms with E-state index in [2.05, 4.69) is 6.92 Å². The van der Waals surface area contributed by atoms with E-state index in [0.717, 1.165) is 50.5 Å². The standard InChI is InChI=1S/C38H51F9O4/c1-33-18-15-26-25-14-13-24(48)22-28(25)31(49)27(30(26)29(33)16-19-34(33)20-21-34)12-8-6-4-2-3-5-7-10-23(32(50)51)11-9-17-35(39,40)36(41,42)37(43,44)38(45,46)47/h13-14,22-23,26-27,29-31,48-49H,2-12,15-21H2,1H3,(H,50,51)/t23?,26?,27-,29?,30?,31-,33-/m0/s1. The van der Waals surface area contributed by atoms with Crippen LogP contribution in [0.2, 0.25) is 0 Å². The number of rotatable bonds is 17. The number of hydrogen-bond donors (Lipinski definition) is 3. The topological polar surface area (TPSA) is 77.8 Å². The van der Waals surface area contributed by atoms with Crippen molar-refractivity contribution >= 4 is 5.97 Å². The molecule has 4 aliphatic rings. The van der Waals surface area contributed by atoms with E-state index in [1.807, 2.05) is 6.07 Å². The van der Waals surface area contributed by atoms with Gasteiger partial charge in [0.05, 0.1) is 12.0 Å². The van der Waals surface area contributed by atoms with Crippen molar-refractivity contribution in [2.24, 2.45) is 34.5 Å². The lowest BCUT2D eigenvalue weighted by Crippen LogP contribution is -2.60. The highest BCUT2D eigenvalue weighted by Crippen LogP contribution is 2.77. The summed E-state index contributed by atoms with van der Waals surface area (Å²) in [5.41, 5.74) is 2.84. The van der Waals surface area contributed by atoms with Gasteiger partial charge in [0.15, 0.2) is 0 Å². The van der Waals surface area contributed by atoms with Crippen LogP contribution in [0.4, 0.5) is 39.5 Å². The Labute approximate surface area is 293 Å². The second-order valence-electron chi connectivity index (χ2n) is 16.3. The van der Waals surface area contributed by atoms with Crippen LogP contribution < -0.4 is 0 Å². The number of aliphatic carboxylic acids is 1. The molecular weight excluding hydrogens is 691 g/mol. The minimum Gasteiger partial charge on any atom is -0.508 e. The largest absolute Gasteiger partial charge is 0.508 e. The van der Waals surface area contributed by atoms with Crippen LogP contribution in [0, 0.1) is 34.5 Å². The summed E-state index contributed by atoms with van der Waals surface area (Å²) in [5, 5.41) is 31.4. The van der Waals surface area contributed by atoms with Crippen molar-refractivity contribution in [2.45, 2.75) is 158 Å². The minimum absolute atomic E-state index is 0.0382. The van der Waals surface area contributed by atoms with Crippen molar-refractivity contribution in [1.29, 1.82) is 0 Å². The third-order valence-electron chi connectivity index (χ3n) is 13.6. The lowest BCUT2D eigenvalue weighted by atomic mass is 9.50. The van der Waals surface area contributed by atoms with Gasteiger partial charge >= 0.3 is 29.9 Å². The first-order chi connectivity index (χ1) is 23.7. The minimum atomic E-state index is -6.94. The molecule has 4 aliphatic carbocycles. The number of carboxylic acid groups (broad SMARTS) is 1. The zero-order valence-electron chi connectivity index (χ0n) is 29.1. The fourth-order valence-electron chi connectivity index (χ4n) is 10.5. The van der Waals surface area contributed by atoms with Crippen molar-refractivity contribution in [1.82, 2.24) is 0 Å². The normalized spacial score (nSPS) is 29.4. The van der Waals surface area contributed by atoms with Crippen molar-refractivity contribution in [3.8, 4) is 5.75 Å². The fraction of sp³-hybridized carbons (Fsp3) is 0.816. The molecule has 0 aromatic heterocycles. The zero-order valence-corrected chi connectivity index (χ0v) is 29.1. The molecule has 13 heteroatoms. The summed E-state index contributed by atoms with van der Waals surface area (Å²) in [7, 11) is 0. The number of fused-ring (bicyclic) bond motifs is 6.